The number of benzene rings is 2. The zero-order chi connectivity index (χ0) is 21.0. The number of ether oxygens (including phenoxy) is 1. The van der Waals surface area contributed by atoms with Crippen molar-refractivity contribution in [3.05, 3.63) is 57.6 Å². The maximum atomic E-state index is 13.0. The fourth-order valence-corrected chi connectivity index (χ4v) is 5.29. The number of rotatable bonds is 7. The molecule has 0 saturated carbocycles. The summed E-state index contributed by atoms with van der Waals surface area (Å²) in [5, 5.41) is 3.71. The summed E-state index contributed by atoms with van der Waals surface area (Å²) >= 11 is 12.0. The normalized spacial score (nSPS) is 14.7. The lowest BCUT2D eigenvalue weighted by atomic mass is 10.2. The molecule has 0 aliphatic carbocycles. The van der Waals surface area contributed by atoms with Crippen molar-refractivity contribution >= 4 is 39.1 Å². The highest BCUT2D eigenvalue weighted by atomic mass is 35.5. The zero-order valence-electron chi connectivity index (χ0n) is 16.0. The first-order valence-electron chi connectivity index (χ1n) is 9.32. The first-order chi connectivity index (χ1) is 13.8. The predicted molar refractivity (Wildman–Crippen MR) is 113 cm³/mol. The Labute approximate surface area is 180 Å². The summed E-state index contributed by atoms with van der Waals surface area (Å²) in [6.45, 7) is 3.24. The van der Waals surface area contributed by atoms with Gasteiger partial charge in [0.25, 0.3) is 5.91 Å². The molecule has 0 bridgehead atoms. The third kappa shape index (κ3) is 5.04. The molecule has 1 aliphatic heterocycles. The van der Waals surface area contributed by atoms with Crippen LogP contribution in [-0.4, -0.2) is 38.3 Å². The second kappa shape index (κ2) is 9.34. The van der Waals surface area contributed by atoms with Crippen LogP contribution in [0.1, 0.15) is 35.7 Å². The zero-order valence-corrected chi connectivity index (χ0v) is 18.3. The van der Waals surface area contributed by atoms with Crippen molar-refractivity contribution in [2.45, 2.75) is 31.2 Å². The van der Waals surface area contributed by atoms with Gasteiger partial charge in [-0.2, -0.15) is 4.31 Å². The SMILES string of the molecule is CCOc1ccc(C(=O)NCc2ccc(Cl)cc2Cl)cc1S(=O)(=O)N1CCCC1. The molecule has 9 heteroatoms. The number of sulfonamides is 1. The minimum atomic E-state index is -3.73. The smallest absolute Gasteiger partial charge is 0.251 e. The Kier molecular flexibility index (Phi) is 7.05. The van der Waals surface area contributed by atoms with Crippen molar-refractivity contribution < 1.29 is 17.9 Å². The summed E-state index contributed by atoms with van der Waals surface area (Å²) in [6, 6.07) is 9.46. The molecule has 2 aromatic rings. The molecule has 0 atom stereocenters. The summed E-state index contributed by atoms with van der Waals surface area (Å²) in [6.07, 6.45) is 1.65. The van der Waals surface area contributed by atoms with Crippen molar-refractivity contribution in [2.24, 2.45) is 0 Å². The van der Waals surface area contributed by atoms with E-state index in [2.05, 4.69) is 5.32 Å². The molecule has 0 radical (unpaired) electrons. The van der Waals surface area contributed by atoms with Gasteiger partial charge < -0.3 is 10.1 Å². The van der Waals surface area contributed by atoms with Gasteiger partial charge >= 0.3 is 0 Å². The topological polar surface area (TPSA) is 75.7 Å². The molecule has 156 valence electrons. The molecule has 1 heterocycles. The molecule has 3 rings (SSSR count). The van der Waals surface area contributed by atoms with Crippen LogP contribution in [0.25, 0.3) is 0 Å². The minimum absolute atomic E-state index is 0.0124. The Hall–Kier alpha value is -1.80. The Morgan fingerprint density at radius 2 is 1.86 bits per heavy atom. The Morgan fingerprint density at radius 3 is 2.52 bits per heavy atom. The third-order valence-electron chi connectivity index (χ3n) is 4.64. The van der Waals surface area contributed by atoms with Crippen molar-refractivity contribution in [3.63, 3.8) is 0 Å². The molecule has 1 saturated heterocycles. The van der Waals surface area contributed by atoms with Crippen LogP contribution in [-0.2, 0) is 16.6 Å². The Balaban J connectivity index is 1.84. The van der Waals surface area contributed by atoms with E-state index in [9.17, 15) is 13.2 Å². The fourth-order valence-electron chi connectivity index (χ4n) is 3.14. The molecule has 1 aliphatic rings. The lowest BCUT2D eigenvalue weighted by molar-refractivity contribution is 0.0950. The predicted octanol–water partition coefficient (Wildman–Crippen LogP) is 4.11. The van der Waals surface area contributed by atoms with Crippen molar-refractivity contribution in [1.29, 1.82) is 0 Å². The maximum absolute atomic E-state index is 13.0. The monoisotopic (exact) mass is 456 g/mol. The summed E-state index contributed by atoms with van der Waals surface area (Å²) in [5.41, 5.74) is 0.941. The van der Waals surface area contributed by atoms with E-state index >= 15 is 0 Å². The van der Waals surface area contributed by atoms with E-state index in [-0.39, 0.29) is 22.8 Å². The van der Waals surface area contributed by atoms with Crippen LogP contribution in [0.5, 0.6) is 5.75 Å². The number of nitrogens with zero attached hydrogens (tertiary/aromatic N) is 1. The van der Waals surface area contributed by atoms with Gasteiger partial charge in [-0.05, 0) is 55.7 Å². The molecular weight excluding hydrogens is 435 g/mol. The van der Waals surface area contributed by atoms with Crippen molar-refractivity contribution in [1.82, 2.24) is 9.62 Å². The molecule has 1 N–H and O–H groups in total. The van der Waals surface area contributed by atoms with Gasteiger partial charge in [0.05, 0.1) is 6.61 Å². The van der Waals surface area contributed by atoms with E-state index in [1.165, 1.54) is 16.4 Å². The number of amides is 1. The van der Waals surface area contributed by atoms with Crippen LogP contribution in [0, 0.1) is 0 Å². The van der Waals surface area contributed by atoms with Crippen molar-refractivity contribution in [3.8, 4) is 5.75 Å². The first-order valence-corrected chi connectivity index (χ1v) is 11.5. The quantitative estimate of drug-likeness (QED) is 0.679. The third-order valence-corrected chi connectivity index (χ3v) is 7.15. The lowest BCUT2D eigenvalue weighted by Gasteiger charge is -2.19. The standard InChI is InChI=1S/C20H22Cl2N2O4S/c1-2-28-18-8-6-14(11-19(18)29(26,27)24-9-3-4-10-24)20(25)23-13-15-5-7-16(21)12-17(15)22/h5-8,11-12H,2-4,9-10,13H2,1H3,(H,23,25). The molecule has 1 fully saturated rings. The van der Waals surface area contributed by atoms with Gasteiger partial charge in [-0.15, -0.1) is 0 Å². The highest BCUT2D eigenvalue weighted by molar-refractivity contribution is 7.89. The highest BCUT2D eigenvalue weighted by Crippen LogP contribution is 2.30. The van der Waals surface area contributed by atoms with Gasteiger partial charge in [-0.25, -0.2) is 8.42 Å². The number of nitrogens with one attached hydrogen (secondary N) is 1. The van der Waals surface area contributed by atoms with E-state index in [1.807, 2.05) is 0 Å². The molecule has 2 aromatic carbocycles. The molecule has 6 nitrogen and oxygen atoms in total. The van der Waals surface area contributed by atoms with Gasteiger partial charge in [0.2, 0.25) is 10.0 Å². The number of hydrogen-bond acceptors (Lipinski definition) is 4. The highest BCUT2D eigenvalue weighted by Gasteiger charge is 2.30. The average molecular weight is 457 g/mol. The van der Waals surface area contributed by atoms with Gasteiger partial charge in [0, 0.05) is 35.2 Å². The Morgan fingerprint density at radius 1 is 1.14 bits per heavy atom. The Bertz CT molecular complexity index is 1010. The molecule has 0 unspecified atom stereocenters. The second-order valence-electron chi connectivity index (χ2n) is 6.62. The van der Waals surface area contributed by atoms with Crippen LogP contribution < -0.4 is 10.1 Å². The first kappa shape index (κ1) is 21.9. The minimum Gasteiger partial charge on any atom is -0.492 e. The van der Waals surface area contributed by atoms with E-state index in [0.717, 1.165) is 12.8 Å². The van der Waals surface area contributed by atoms with Crippen LogP contribution >= 0.6 is 23.2 Å². The number of hydrogen-bond donors (Lipinski definition) is 1. The number of carbonyl (C=O) groups excluding carboxylic acids is 1. The van der Waals surface area contributed by atoms with Crippen LogP contribution in [0.2, 0.25) is 10.0 Å². The van der Waals surface area contributed by atoms with Crippen LogP contribution in [0.4, 0.5) is 0 Å². The average Bonchev–Trinajstić information content (AvgIpc) is 3.23. The summed E-state index contributed by atoms with van der Waals surface area (Å²) in [5.74, 6) is -0.159. The molecule has 1 amide bonds. The second-order valence-corrected chi connectivity index (χ2v) is 9.37. The largest absolute Gasteiger partial charge is 0.492 e. The van der Waals surface area contributed by atoms with E-state index in [1.54, 1.807) is 31.2 Å². The fraction of sp³-hybridized carbons (Fsp3) is 0.350. The summed E-state index contributed by atoms with van der Waals surface area (Å²) in [7, 11) is -3.73. The van der Waals surface area contributed by atoms with Crippen LogP contribution in [0.3, 0.4) is 0 Å². The van der Waals surface area contributed by atoms with Crippen LogP contribution in [0.15, 0.2) is 41.3 Å². The van der Waals surface area contributed by atoms with Gasteiger partial charge in [-0.3, -0.25) is 4.79 Å². The number of halogens is 2. The van der Waals surface area contributed by atoms with Gasteiger partial charge in [0.1, 0.15) is 10.6 Å². The lowest BCUT2D eigenvalue weighted by Crippen LogP contribution is -2.29. The van der Waals surface area contributed by atoms with Gasteiger partial charge in [-0.1, -0.05) is 29.3 Å². The van der Waals surface area contributed by atoms with E-state index < -0.39 is 15.9 Å². The van der Waals surface area contributed by atoms with Crippen molar-refractivity contribution in [2.75, 3.05) is 19.7 Å². The maximum Gasteiger partial charge on any atom is 0.251 e. The number of carbonyl (C=O) groups is 1. The van der Waals surface area contributed by atoms with Gasteiger partial charge in [0.15, 0.2) is 0 Å². The summed E-state index contributed by atoms with van der Waals surface area (Å²) in [4.78, 5) is 12.6. The van der Waals surface area contributed by atoms with E-state index in [4.69, 9.17) is 27.9 Å². The molecule has 0 aromatic heterocycles. The molecule has 0 spiro atoms. The molecule has 29 heavy (non-hydrogen) atoms. The molecular formula is C20H22Cl2N2O4S. The van der Waals surface area contributed by atoms with E-state index in [0.29, 0.717) is 35.3 Å². The summed E-state index contributed by atoms with van der Waals surface area (Å²) < 4.78 is 33.0.